The monoisotopic (exact) mass is 152 g/mol. The maximum absolute atomic E-state index is 4.79. The van der Waals surface area contributed by atoms with E-state index in [-0.39, 0.29) is 24.8 Å². The van der Waals surface area contributed by atoms with Gasteiger partial charge in [-0.3, -0.25) is 0 Å². The first-order valence-corrected chi connectivity index (χ1v) is 1.52. The molecule has 0 saturated carbocycles. The zero-order valence-corrected chi connectivity index (χ0v) is 5.66. The highest BCUT2D eigenvalue weighted by Gasteiger charge is 1.19. The summed E-state index contributed by atoms with van der Waals surface area (Å²) >= 11 is 4.79. The molecule has 0 unspecified atom stereocenters. The number of rotatable bonds is 0. The van der Waals surface area contributed by atoms with Crippen molar-refractivity contribution in [3.05, 3.63) is 0 Å². The molecule has 0 aliphatic carbocycles. The summed E-state index contributed by atoms with van der Waals surface area (Å²) in [4.78, 5) is 0. The van der Waals surface area contributed by atoms with Crippen LogP contribution in [-0.4, -0.2) is 5.26 Å². The van der Waals surface area contributed by atoms with Crippen LogP contribution in [-0.2, 0) is 0 Å². The van der Waals surface area contributed by atoms with E-state index in [1.807, 2.05) is 0 Å². The van der Waals surface area contributed by atoms with Crippen molar-refractivity contribution in [1.29, 1.82) is 0 Å². The Bertz CT molecular complexity index is 14.4. The first kappa shape index (κ1) is 16.6. The molecule has 0 saturated heterocycles. The van der Waals surface area contributed by atoms with E-state index >= 15 is 0 Å². The number of halogens is 3. The van der Waals surface area contributed by atoms with E-state index < -0.39 is 0 Å². The van der Waals surface area contributed by atoms with E-state index in [1.54, 1.807) is 0 Å². The molecule has 0 rings (SSSR count). The Morgan fingerprint density at radius 1 is 1.40 bits per heavy atom. The van der Waals surface area contributed by atoms with Gasteiger partial charge >= 0.3 is 0 Å². The Kier molecular flexibility index (Phi) is 65.6. The molecule has 34 valence electrons. The molecular formula is CH4Cl3P. The molecule has 0 radical (unpaired) electrons. The lowest BCUT2D eigenvalue weighted by atomic mass is 11.9. The SMILES string of the molecule is Cl.Cl.P=CCl. The van der Waals surface area contributed by atoms with Crippen LogP contribution in [0.5, 0.6) is 0 Å². The molecule has 0 atom stereocenters. The Hall–Kier alpha value is 1.04. The van der Waals surface area contributed by atoms with Gasteiger partial charge in [0.1, 0.15) is 0 Å². The number of hydrogen-bond donors (Lipinski definition) is 0. The Morgan fingerprint density at radius 3 is 1.40 bits per heavy atom. The summed E-state index contributed by atoms with van der Waals surface area (Å²) in [5, 5.41) is 1.28. The second-order valence-corrected chi connectivity index (χ2v) is 0.982. The highest BCUT2D eigenvalue weighted by molar-refractivity contribution is 7.25. The van der Waals surface area contributed by atoms with Crippen LogP contribution in [0.1, 0.15) is 0 Å². The summed E-state index contributed by atoms with van der Waals surface area (Å²) in [6.45, 7) is 0. The van der Waals surface area contributed by atoms with Gasteiger partial charge in [0.2, 0.25) is 0 Å². The molecule has 0 N–H and O–H groups in total. The van der Waals surface area contributed by atoms with Crippen LogP contribution in [0.2, 0.25) is 0 Å². The normalized spacial score (nSPS) is 2.60. The largest absolute Gasteiger partial charge is 0.147 e. The molecule has 4 heteroatoms. The van der Waals surface area contributed by atoms with Gasteiger partial charge in [0.05, 0.1) is 0 Å². The minimum absolute atomic E-state index is 0. The molecule has 0 aliphatic heterocycles. The molecule has 0 aliphatic rings. The fraction of sp³-hybridized carbons (Fsp3) is 0. The van der Waals surface area contributed by atoms with Crippen LogP contribution in [0.4, 0.5) is 0 Å². The Morgan fingerprint density at radius 2 is 1.40 bits per heavy atom. The molecule has 0 amide bonds. The average Bonchev–Trinajstić information content (AvgIpc) is 0.918. The highest BCUT2D eigenvalue weighted by atomic mass is 35.5. The van der Waals surface area contributed by atoms with E-state index in [9.17, 15) is 0 Å². The molecule has 0 nitrogen and oxygen atoms in total. The van der Waals surface area contributed by atoms with Crippen molar-refractivity contribution in [3.8, 4) is 0 Å². The average molecular weight is 153 g/mol. The minimum Gasteiger partial charge on any atom is -0.147 e. The van der Waals surface area contributed by atoms with Crippen LogP contribution in [0.3, 0.4) is 0 Å². The van der Waals surface area contributed by atoms with Crippen molar-refractivity contribution in [1.82, 2.24) is 0 Å². The summed E-state index contributed by atoms with van der Waals surface area (Å²) < 4.78 is 0. The lowest BCUT2D eigenvalue weighted by Gasteiger charge is -1.26. The fourth-order valence-corrected chi connectivity index (χ4v) is 0. The van der Waals surface area contributed by atoms with Gasteiger partial charge in [-0.15, -0.1) is 33.7 Å². The highest BCUT2D eigenvalue weighted by Crippen LogP contribution is 1.57. The lowest BCUT2D eigenvalue weighted by Crippen LogP contribution is -1.09. The van der Waals surface area contributed by atoms with Gasteiger partial charge in [-0.2, -0.15) is 0 Å². The second kappa shape index (κ2) is 19.8. The Labute approximate surface area is 50.9 Å². The quantitative estimate of drug-likeness (QED) is 0.467. The van der Waals surface area contributed by atoms with Crippen molar-refractivity contribution in [2.24, 2.45) is 0 Å². The third-order valence-corrected chi connectivity index (χ3v) is 0. The first-order valence-electron chi connectivity index (χ1n) is 0.507. The van der Waals surface area contributed by atoms with Gasteiger partial charge in [-0.05, 0) is 0 Å². The maximum atomic E-state index is 4.79. The summed E-state index contributed by atoms with van der Waals surface area (Å²) in [6.07, 6.45) is 0. The minimum atomic E-state index is 0. The molecule has 0 aromatic carbocycles. The summed E-state index contributed by atoms with van der Waals surface area (Å²) in [5.74, 6) is 0. The van der Waals surface area contributed by atoms with E-state index in [2.05, 4.69) is 8.86 Å². The smallest absolute Gasteiger partial charge is 0.0242 e. The molecule has 0 aromatic rings. The summed E-state index contributed by atoms with van der Waals surface area (Å²) in [6, 6.07) is 0. The molecule has 0 heterocycles. The van der Waals surface area contributed by atoms with Crippen LogP contribution in [0, 0.1) is 0 Å². The number of hydrogen-bond acceptors (Lipinski definition) is 0. The van der Waals surface area contributed by atoms with Crippen LogP contribution >= 0.6 is 45.3 Å². The predicted molar refractivity (Wildman–Crippen MR) is 34.7 cm³/mol. The maximum Gasteiger partial charge on any atom is 0.0242 e. The van der Waals surface area contributed by atoms with Crippen molar-refractivity contribution >= 4 is 50.5 Å². The third-order valence-electron chi connectivity index (χ3n) is 0. The summed E-state index contributed by atoms with van der Waals surface area (Å²) in [7, 11) is 2.82. The van der Waals surface area contributed by atoms with Gasteiger partial charge < -0.3 is 0 Å². The molecular weight excluding hydrogens is 149 g/mol. The van der Waals surface area contributed by atoms with Gasteiger partial charge in [-0.25, -0.2) is 0 Å². The van der Waals surface area contributed by atoms with E-state index in [1.165, 1.54) is 5.26 Å². The van der Waals surface area contributed by atoms with Crippen LogP contribution in [0.15, 0.2) is 0 Å². The van der Waals surface area contributed by atoms with Crippen molar-refractivity contribution in [2.45, 2.75) is 0 Å². The first-order chi connectivity index (χ1) is 1.41. The molecule has 0 fully saturated rings. The topological polar surface area (TPSA) is 0 Å². The molecule has 0 aromatic heterocycles. The van der Waals surface area contributed by atoms with Gasteiger partial charge in [0.15, 0.2) is 0 Å². The van der Waals surface area contributed by atoms with E-state index in [0.29, 0.717) is 0 Å². The molecule has 0 bridgehead atoms. The van der Waals surface area contributed by atoms with Gasteiger partial charge in [0.25, 0.3) is 0 Å². The van der Waals surface area contributed by atoms with Crippen LogP contribution in [0.25, 0.3) is 0 Å². The molecule has 5 heavy (non-hydrogen) atoms. The van der Waals surface area contributed by atoms with Gasteiger partial charge in [-0.1, -0.05) is 11.6 Å². The molecule has 0 spiro atoms. The van der Waals surface area contributed by atoms with Crippen molar-refractivity contribution < 1.29 is 0 Å². The third kappa shape index (κ3) is 43.1. The van der Waals surface area contributed by atoms with Crippen molar-refractivity contribution in [2.75, 3.05) is 0 Å². The van der Waals surface area contributed by atoms with E-state index in [4.69, 9.17) is 11.6 Å². The van der Waals surface area contributed by atoms with Crippen LogP contribution < -0.4 is 0 Å². The fourth-order valence-electron chi connectivity index (χ4n) is 0. The summed E-state index contributed by atoms with van der Waals surface area (Å²) in [5.41, 5.74) is 0. The standard InChI is InChI=1S/CH2ClP.2ClH/c2-1-3;;/h1,3H;2*1H. The van der Waals surface area contributed by atoms with Crippen molar-refractivity contribution in [3.63, 3.8) is 0 Å². The second-order valence-electron chi connectivity index (χ2n) is 0.109. The van der Waals surface area contributed by atoms with Gasteiger partial charge in [0, 0.05) is 5.26 Å². The zero-order chi connectivity index (χ0) is 2.71. The lowest BCUT2D eigenvalue weighted by molar-refractivity contribution is 4.21. The zero-order valence-electron chi connectivity index (χ0n) is 2.27. The van der Waals surface area contributed by atoms with E-state index in [0.717, 1.165) is 0 Å². The predicted octanol–water partition coefficient (Wildman–Crippen LogP) is 1.97. The Balaban J connectivity index is -0.0000000200.